The summed E-state index contributed by atoms with van der Waals surface area (Å²) < 4.78 is 14.5. The first-order chi connectivity index (χ1) is 7.56. The minimum absolute atomic E-state index is 0.132. The van der Waals surface area contributed by atoms with Crippen LogP contribution >= 0.6 is 15.9 Å². The Morgan fingerprint density at radius 2 is 2.06 bits per heavy atom. The van der Waals surface area contributed by atoms with Gasteiger partial charge in [-0.15, -0.1) is 0 Å². The van der Waals surface area contributed by atoms with Crippen molar-refractivity contribution in [2.45, 2.75) is 39.2 Å². The molecule has 1 nitrogen and oxygen atoms in total. The summed E-state index contributed by atoms with van der Waals surface area (Å²) in [5.41, 5.74) is 0.777. The number of halogens is 2. The van der Waals surface area contributed by atoms with Crippen LogP contribution in [0.25, 0.3) is 0 Å². The highest BCUT2D eigenvalue weighted by atomic mass is 79.9. The highest BCUT2D eigenvalue weighted by Gasteiger charge is 2.17. The monoisotopic (exact) mass is 287 g/mol. The maximum atomic E-state index is 13.7. The summed E-state index contributed by atoms with van der Waals surface area (Å²) in [6, 6.07) is 5.56. The van der Waals surface area contributed by atoms with E-state index in [1.807, 2.05) is 12.1 Å². The van der Waals surface area contributed by atoms with Gasteiger partial charge in [-0.25, -0.2) is 4.39 Å². The van der Waals surface area contributed by atoms with E-state index >= 15 is 0 Å². The van der Waals surface area contributed by atoms with Crippen LogP contribution < -0.4 is 5.32 Å². The maximum absolute atomic E-state index is 13.7. The number of nitrogens with one attached hydrogen (secondary N) is 1. The summed E-state index contributed by atoms with van der Waals surface area (Å²) in [7, 11) is 0. The number of rotatable bonds is 5. The van der Waals surface area contributed by atoms with Crippen molar-refractivity contribution in [3.63, 3.8) is 0 Å². The SMILES string of the molecule is CCCNC(C)C(C)c1ccc(Br)cc1F. The lowest BCUT2D eigenvalue weighted by molar-refractivity contribution is 0.465. The van der Waals surface area contributed by atoms with Crippen LogP contribution in [-0.2, 0) is 0 Å². The Balaban J connectivity index is 2.75. The van der Waals surface area contributed by atoms with Gasteiger partial charge in [0.1, 0.15) is 5.82 Å². The number of benzene rings is 1. The minimum Gasteiger partial charge on any atom is -0.314 e. The van der Waals surface area contributed by atoms with E-state index in [-0.39, 0.29) is 17.8 Å². The Labute approximate surface area is 106 Å². The summed E-state index contributed by atoms with van der Waals surface area (Å²) in [5.74, 6) is 0.0478. The van der Waals surface area contributed by atoms with Crippen LogP contribution in [0.3, 0.4) is 0 Å². The second-order valence-electron chi connectivity index (χ2n) is 4.20. The Hall–Kier alpha value is -0.410. The molecule has 0 aliphatic carbocycles. The highest BCUT2D eigenvalue weighted by molar-refractivity contribution is 9.10. The van der Waals surface area contributed by atoms with Crippen LogP contribution in [0.1, 0.15) is 38.7 Å². The van der Waals surface area contributed by atoms with Crippen molar-refractivity contribution in [3.05, 3.63) is 34.1 Å². The van der Waals surface area contributed by atoms with Gasteiger partial charge < -0.3 is 5.32 Å². The summed E-state index contributed by atoms with van der Waals surface area (Å²) >= 11 is 3.27. The summed E-state index contributed by atoms with van der Waals surface area (Å²) in [4.78, 5) is 0. The van der Waals surface area contributed by atoms with E-state index in [4.69, 9.17) is 0 Å². The first-order valence-corrected chi connectivity index (χ1v) is 6.54. The molecule has 0 bridgehead atoms. The molecule has 0 aliphatic heterocycles. The fourth-order valence-corrected chi connectivity index (χ4v) is 2.02. The average Bonchev–Trinajstić information content (AvgIpc) is 2.25. The molecule has 0 saturated heterocycles. The van der Waals surface area contributed by atoms with Crippen LogP contribution in [0.5, 0.6) is 0 Å². The lowest BCUT2D eigenvalue weighted by atomic mass is 9.94. The van der Waals surface area contributed by atoms with Gasteiger partial charge in [-0.2, -0.15) is 0 Å². The molecule has 0 aliphatic rings. The third-order valence-electron chi connectivity index (χ3n) is 2.92. The molecular weight excluding hydrogens is 269 g/mol. The fraction of sp³-hybridized carbons (Fsp3) is 0.538. The Morgan fingerprint density at radius 1 is 1.38 bits per heavy atom. The van der Waals surface area contributed by atoms with Crippen molar-refractivity contribution < 1.29 is 4.39 Å². The van der Waals surface area contributed by atoms with Gasteiger partial charge in [0.2, 0.25) is 0 Å². The zero-order chi connectivity index (χ0) is 12.1. The topological polar surface area (TPSA) is 12.0 Å². The van der Waals surface area contributed by atoms with Crippen molar-refractivity contribution >= 4 is 15.9 Å². The molecule has 2 unspecified atom stereocenters. The zero-order valence-corrected chi connectivity index (χ0v) is 11.6. The average molecular weight is 288 g/mol. The molecule has 1 aromatic rings. The molecule has 2 atom stereocenters. The summed E-state index contributed by atoms with van der Waals surface area (Å²) in [5, 5.41) is 3.39. The van der Waals surface area contributed by atoms with Crippen molar-refractivity contribution in [2.75, 3.05) is 6.54 Å². The third-order valence-corrected chi connectivity index (χ3v) is 3.41. The van der Waals surface area contributed by atoms with E-state index in [2.05, 4.69) is 42.0 Å². The van der Waals surface area contributed by atoms with Gasteiger partial charge in [-0.1, -0.05) is 35.8 Å². The van der Waals surface area contributed by atoms with E-state index in [0.717, 1.165) is 23.0 Å². The fourth-order valence-electron chi connectivity index (χ4n) is 1.69. The lowest BCUT2D eigenvalue weighted by Gasteiger charge is -2.22. The molecule has 1 aromatic carbocycles. The molecule has 0 fully saturated rings. The van der Waals surface area contributed by atoms with Crippen LogP contribution in [0.4, 0.5) is 4.39 Å². The Morgan fingerprint density at radius 3 is 2.62 bits per heavy atom. The predicted molar refractivity (Wildman–Crippen MR) is 70.3 cm³/mol. The molecule has 0 aromatic heterocycles. The molecular formula is C13H19BrFN. The van der Waals surface area contributed by atoms with E-state index < -0.39 is 0 Å². The van der Waals surface area contributed by atoms with Crippen LogP contribution in [0.15, 0.2) is 22.7 Å². The second kappa shape index (κ2) is 6.36. The lowest BCUT2D eigenvalue weighted by Crippen LogP contribution is -2.31. The van der Waals surface area contributed by atoms with Crippen LogP contribution in [-0.4, -0.2) is 12.6 Å². The highest BCUT2D eigenvalue weighted by Crippen LogP contribution is 2.24. The maximum Gasteiger partial charge on any atom is 0.127 e. The molecule has 16 heavy (non-hydrogen) atoms. The first-order valence-electron chi connectivity index (χ1n) is 5.74. The standard InChI is InChI=1S/C13H19BrFN/c1-4-7-16-10(3)9(2)12-6-5-11(14)8-13(12)15/h5-6,8-10,16H,4,7H2,1-3H3. The Bertz CT molecular complexity index is 341. The van der Waals surface area contributed by atoms with Crippen LogP contribution in [0, 0.1) is 5.82 Å². The van der Waals surface area contributed by atoms with Crippen molar-refractivity contribution in [2.24, 2.45) is 0 Å². The number of hydrogen-bond acceptors (Lipinski definition) is 1. The van der Waals surface area contributed by atoms with E-state index in [1.165, 1.54) is 6.07 Å². The van der Waals surface area contributed by atoms with E-state index in [0.29, 0.717) is 0 Å². The molecule has 1 N–H and O–H groups in total. The molecule has 1 rings (SSSR count). The minimum atomic E-state index is -0.132. The van der Waals surface area contributed by atoms with Gasteiger partial charge >= 0.3 is 0 Å². The molecule has 0 radical (unpaired) electrons. The quantitative estimate of drug-likeness (QED) is 0.861. The predicted octanol–water partition coefficient (Wildman–Crippen LogP) is 4.08. The van der Waals surface area contributed by atoms with Gasteiger partial charge in [0.05, 0.1) is 0 Å². The van der Waals surface area contributed by atoms with Gasteiger partial charge in [0.25, 0.3) is 0 Å². The molecule has 3 heteroatoms. The normalized spacial score (nSPS) is 14.8. The van der Waals surface area contributed by atoms with Gasteiger partial charge in [0, 0.05) is 10.5 Å². The second-order valence-corrected chi connectivity index (χ2v) is 5.11. The van der Waals surface area contributed by atoms with Crippen molar-refractivity contribution in [1.82, 2.24) is 5.32 Å². The van der Waals surface area contributed by atoms with E-state index in [1.54, 1.807) is 0 Å². The van der Waals surface area contributed by atoms with Gasteiger partial charge in [-0.05, 0) is 43.5 Å². The number of hydrogen-bond donors (Lipinski definition) is 1. The molecule has 0 spiro atoms. The van der Waals surface area contributed by atoms with Crippen molar-refractivity contribution in [1.29, 1.82) is 0 Å². The van der Waals surface area contributed by atoms with E-state index in [9.17, 15) is 4.39 Å². The van der Waals surface area contributed by atoms with Crippen LogP contribution in [0.2, 0.25) is 0 Å². The molecule has 0 heterocycles. The Kier molecular flexibility index (Phi) is 5.42. The molecule has 0 amide bonds. The first kappa shape index (κ1) is 13.7. The summed E-state index contributed by atoms with van der Waals surface area (Å²) in [6.07, 6.45) is 1.10. The molecule has 0 saturated carbocycles. The smallest absolute Gasteiger partial charge is 0.127 e. The van der Waals surface area contributed by atoms with Gasteiger partial charge in [-0.3, -0.25) is 0 Å². The van der Waals surface area contributed by atoms with Gasteiger partial charge in [0.15, 0.2) is 0 Å². The third kappa shape index (κ3) is 3.56. The zero-order valence-electron chi connectivity index (χ0n) is 10.1. The molecule has 90 valence electrons. The largest absolute Gasteiger partial charge is 0.314 e. The summed E-state index contributed by atoms with van der Waals surface area (Å²) in [6.45, 7) is 7.26. The van der Waals surface area contributed by atoms with Crippen molar-refractivity contribution in [3.8, 4) is 0 Å².